The zero-order chi connectivity index (χ0) is 22.1. The van der Waals surface area contributed by atoms with Crippen LogP contribution in [-0.4, -0.2) is 37.5 Å². The minimum atomic E-state index is 0.0355. The number of thiophene rings is 1. The fourth-order valence-electron chi connectivity index (χ4n) is 4.13. The van der Waals surface area contributed by atoms with Crippen LogP contribution < -0.4 is 11.1 Å². The first-order valence-electron chi connectivity index (χ1n) is 10.7. The highest BCUT2D eigenvalue weighted by Gasteiger charge is 2.23. The molecule has 0 spiro atoms. The maximum absolute atomic E-state index is 12.5. The summed E-state index contributed by atoms with van der Waals surface area (Å²) in [5.41, 5.74) is 9.20. The quantitative estimate of drug-likeness (QED) is 0.405. The van der Waals surface area contributed by atoms with E-state index in [0.717, 1.165) is 39.2 Å². The van der Waals surface area contributed by atoms with E-state index < -0.39 is 0 Å². The first kappa shape index (κ1) is 21.0. The molecule has 5 rings (SSSR count). The summed E-state index contributed by atoms with van der Waals surface area (Å²) >= 11 is 2.90. The second-order valence-electron chi connectivity index (χ2n) is 7.97. The number of hydrogen-bond acceptors (Lipinski definition) is 7. The molecule has 3 N–H and O–H groups in total. The normalized spacial score (nSPS) is 14.3. The van der Waals surface area contributed by atoms with Crippen molar-refractivity contribution in [2.45, 2.75) is 43.8 Å². The van der Waals surface area contributed by atoms with Crippen LogP contribution in [-0.2, 0) is 4.79 Å². The summed E-state index contributed by atoms with van der Waals surface area (Å²) in [7, 11) is 0. The van der Waals surface area contributed by atoms with E-state index in [2.05, 4.69) is 33.5 Å². The van der Waals surface area contributed by atoms with Gasteiger partial charge in [-0.05, 0) is 43.5 Å². The van der Waals surface area contributed by atoms with Gasteiger partial charge in [0.25, 0.3) is 0 Å². The van der Waals surface area contributed by atoms with Gasteiger partial charge in [0, 0.05) is 17.6 Å². The highest BCUT2D eigenvalue weighted by molar-refractivity contribution is 7.99. The topological polar surface area (TPSA) is 98.7 Å². The number of nitrogens with two attached hydrogens (primary N) is 1. The number of nitrogens with zero attached hydrogens (tertiary/aromatic N) is 4. The van der Waals surface area contributed by atoms with Crippen LogP contribution in [0, 0.1) is 6.92 Å². The minimum Gasteiger partial charge on any atom is -0.397 e. The van der Waals surface area contributed by atoms with Crippen LogP contribution in [0.2, 0.25) is 0 Å². The zero-order valence-corrected chi connectivity index (χ0v) is 19.4. The lowest BCUT2D eigenvalue weighted by Crippen LogP contribution is -2.33. The summed E-state index contributed by atoms with van der Waals surface area (Å²) in [6.07, 6.45) is 6.28. The van der Waals surface area contributed by atoms with Gasteiger partial charge in [-0.2, -0.15) is 0 Å². The molecule has 0 unspecified atom stereocenters. The Hall–Kier alpha value is -2.91. The Morgan fingerprint density at radius 1 is 1.22 bits per heavy atom. The molecule has 4 aromatic rings. The number of thioether (sulfide) groups is 1. The number of carbonyl (C=O) groups excluding carboxylic acids is 1. The number of carbonyl (C=O) groups is 1. The number of rotatable bonds is 6. The molecular weight excluding hydrogens is 440 g/mol. The van der Waals surface area contributed by atoms with Crippen molar-refractivity contribution in [2.75, 3.05) is 11.5 Å². The number of nitrogens with one attached hydrogen (secondary N) is 1. The molecule has 0 radical (unpaired) electrons. The van der Waals surface area contributed by atoms with E-state index in [0.29, 0.717) is 28.5 Å². The van der Waals surface area contributed by atoms with Crippen LogP contribution in [0.15, 0.2) is 47.8 Å². The van der Waals surface area contributed by atoms with E-state index in [1.54, 1.807) is 6.20 Å². The standard InChI is InChI=1S/C23H24N6OS2/c1-14-7-2-5-11-17(14)29-21(20-19(24)16-10-6-12-25-22(16)32-20)27-28-23(29)31-13-18(30)26-15-8-3-4-9-15/h2,5-7,10-12,15H,3-4,8-9,13,24H2,1H3,(H,26,30). The van der Waals surface area contributed by atoms with Gasteiger partial charge in [0.05, 0.1) is 22.0 Å². The molecule has 0 bridgehead atoms. The van der Waals surface area contributed by atoms with Crippen molar-refractivity contribution in [1.82, 2.24) is 25.1 Å². The second-order valence-corrected chi connectivity index (χ2v) is 9.91. The number of amides is 1. The first-order valence-corrected chi connectivity index (χ1v) is 12.5. The van der Waals surface area contributed by atoms with Gasteiger partial charge < -0.3 is 11.1 Å². The average molecular weight is 465 g/mol. The summed E-state index contributed by atoms with van der Waals surface area (Å²) in [6, 6.07) is 12.2. The molecule has 1 amide bonds. The number of hydrogen-bond donors (Lipinski definition) is 2. The molecule has 1 fully saturated rings. The largest absolute Gasteiger partial charge is 0.397 e. The molecule has 1 aliphatic carbocycles. The highest BCUT2D eigenvalue weighted by atomic mass is 32.2. The number of pyridine rings is 1. The van der Waals surface area contributed by atoms with Crippen LogP contribution in [0.25, 0.3) is 26.6 Å². The van der Waals surface area contributed by atoms with Crippen LogP contribution in [0.1, 0.15) is 31.2 Å². The van der Waals surface area contributed by atoms with Gasteiger partial charge in [0.15, 0.2) is 11.0 Å². The van der Waals surface area contributed by atoms with Gasteiger partial charge in [0.2, 0.25) is 5.91 Å². The number of fused-ring (bicyclic) bond motifs is 1. The number of para-hydroxylation sites is 1. The number of aromatic nitrogens is 4. The van der Waals surface area contributed by atoms with Gasteiger partial charge >= 0.3 is 0 Å². The van der Waals surface area contributed by atoms with Crippen LogP contribution in [0.3, 0.4) is 0 Å². The van der Waals surface area contributed by atoms with Crippen molar-refractivity contribution in [3.8, 4) is 16.4 Å². The Morgan fingerprint density at radius 3 is 2.81 bits per heavy atom. The Kier molecular flexibility index (Phi) is 5.84. The Labute approximate surface area is 194 Å². The molecule has 32 heavy (non-hydrogen) atoms. The molecule has 0 saturated heterocycles. The lowest BCUT2D eigenvalue weighted by molar-refractivity contribution is -0.119. The first-order chi connectivity index (χ1) is 15.6. The zero-order valence-electron chi connectivity index (χ0n) is 17.7. The number of benzene rings is 1. The highest BCUT2D eigenvalue weighted by Crippen LogP contribution is 2.41. The van der Waals surface area contributed by atoms with Crippen molar-refractivity contribution in [1.29, 1.82) is 0 Å². The summed E-state index contributed by atoms with van der Waals surface area (Å²) < 4.78 is 2.00. The molecule has 3 aromatic heterocycles. The van der Waals surface area contributed by atoms with Gasteiger partial charge in [-0.1, -0.05) is 42.8 Å². The van der Waals surface area contributed by atoms with Gasteiger partial charge in [-0.25, -0.2) is 4.98 Å². The SMILES string of the molecule is Cc1ccccc1-n1c(SCC(=O)NC2CCCC2)nnc1-c1sc2ncccc2c1N. The van der Waals surface area contributed by atoms with Crippen LogP contribution >= 0.6 is 23.1 Å². The third kappa shape index (κ3) is 3.98. The lowest BCUT2D eigenvalue weighted by Gasteiger charge is -2.13. The van der Waals surface area contributed by atoms with E-state index in [1.165, 1.54) is 35.9 Å². The number of anilines is 1. The number of aryl methyl sites for hydroxylation is 1. The lowest BCUT2D eigenvalue weighted by atomic mass is 10.2. The summed E-state index contributed by atoms with van der Waals surface area (Å²) in [5, 5.41) is 13.7. The second kappa shape index (κ2) is 8.91. The van der Waals surface area contributed by atoms with Gasteiger partial charge in [-0.3, -0.25) is 9.36 Å². The third-order valence-electron chi connectivity index (χ3n) is 5.75. The van der Waals surface area contributed by atoms with Crippen molar-refractivity contribution < 1.29 is 4.79 Å². The predicted molar refractivity (Wildman–Crippen MR) is 130 cm³/mol. The molecule has 1 saturated carbocycles. The monoisotopic (exact) mass is 464 g/mol. The Morgan fingerprint density at radius 2 is 2.03 bits per heavy atom. The molecular formula is C23H24N6OS2. The smallest absolute Gasteiger partial charge is 0.230 e. The molecule has 3 heterocycles. The van der Waals surface area contributed by atoms with Gasteiger partial charge in [-0.15, -0.1) is 21.5 Å². The van der Waals surface area contributed by atoms with Crippen molar-refractivity contribution in [3.63, 3.8) is 0 Å². The summed E-state index contributed by atoms with van der Waals surface area (Å²) in [4.78, 5) is 18.7. The Balaban J connectivity index is 1.51. The van der Waals surface area contributed by atoms with Crippen molar-refractivity contribution in [3.05, 3.63) is 48.2 Å². The average Bonchev–Trinajstić information content (AvgIpc) is 3.52. The maximum Gasteiger partial charge on any atom is 0.230 e. The predicted octanol–water partition coefficient (Wildman–Crippen LogP) is 4.59. The van der Waals surface area contributed by atoms with E-state index in [1.807, 2.05) is 34.9 Å². The molecule has 0 aliphatic heterocycles. The molecule has 0 atom stereocenters. The van der Waals surface area contributed by atoms with E-state index in [-0.39, 0.29) is 5.91 Å². The molecule has 1 aliphatic rings. The fraction of sp³-hybridized carbons (Fsp3) is 0.304. The third-order valence-corrected chi connectivity index (χ3v) is 7.80. The molecule has 1 aromatic carbocycles. The molecule has 7 nitrogen and oxygen atoms in total. The number of nitrogen functional groups attached to an aromatic ring is 1. The van der Waals surface area contributed by atoms with Crippen LogP contribution in [0.4, 0.5) is 5.69 Å². The maximum atomic E-state index is 12.5. The van der Waals surface area contributed by atoms with Crippen molar-refractivity contribution in [2.24, 2.45) is 0 Å². The summed E-state index contributed by atoms with van der Waals surface area (Å²) in [6.45, 7) is 2.05. The van der Waals surface area contributed by atoms with Crippen LogP contribution in [0.5, 0.6) is 0 Å². The van der Waals surface area contributed by atoms with E-state index in [9.17, 15) is 4.79 Å². The van der Waals surface area contributed by atoms with E-state index >= 15 is 0 Å². The fourth-order valence-corrected chi connectivity index (χ4v) is 5.92. The summed E-state index contributed by atoms with van der Waals surface area (Å²) in [5.74, 6) is 0.996. The molecule has 9 heteroatoms. The van der Waals surface area contributed by atoms with E-state index in [4.69, 9.17) is 5.73 Å². The minimum absolute atomic E-state index is 0.0355. The molecule has 164 valence electrons. The Bertz CT molecular complexity index is 1270. The van der Waals surface area contributed by atoms with Gasteiger partial charge in [0.1, 0.15) is 4.83 Å². The van der Waals surface area contributed by atoms with Crippen molar-refractivity contribution >= 4 is 44.9 Å².